The number of unbranched alkanes of at least 4 members (excludes halogenated alkanes) is 1. The van der Waals surface area contributed by atoms with Crippen molar-refractivity contribution >= 4 is 27.5 Å². The molecule has 0 fully saturated rings. The minimum Gasteiger partial charge on any atom is -0.348 e. The number of non-ortho nitro benzene ring substituents is 1. The number of carbonyl (C=O) groups is 1. The number of nitro benzene ring substituents is 1. The Morgan fingerprint density at radius 2 is 2.25 bits per heavy atom. The maximum Gasteiger partial charge on any atom is 0.270 e. The third-order valence-electron chi connectivity index (χ3n) is 2.93. The Bertz CT molecular complexity index is 494. The van der Waals surface area contributed by atoms with Gasteiger partial charge in [0.05, 0.1) is 10.5 Å². The first-order valence-electron chi connectivity index (χ1n) is 6.44. The zero-order valence-corrected chi connectivity index (χ0v) is 12.9. The van der Waals surface area contributed by atoms with Crippen LogP contribution in [0.4, 0.5) is 5.69 Å². The highest BCUT2D eigenvalue weighted by Gasteiger charge is 2.17. The van der Waals surface area contributed by atoms with Crippen molar-refractivity contribution in [3.63, 3.8) is 0 Å². The second-order valence-electron chi connectivity index (χ2n) is 4.47. The molecule has 0 heterocycles. The van der Waals surface area contributed by atoms with Crippen LogP contribution in [0.15, 0.2) is 22.7 Å². The van der Waals surface area contributed by atoms with Crippen LogP contribution in [0.1, 0.15) is 36.5 Å². The SMILES string of the molecule is CCCCC(CN)NC(=O)c1ccc([N+](=O)[O-])cc1Br. The Hall–Kier alpha value is -1.47. The lowest BCUT2D eigenvalue weighted by atomic mass is 10.1. The third kappa shape index (κ3) is 4.57. The van der Waals surface area contributed by atoms with Gasteiger partial charge in [0.2, 0.25) is 0 Å². The predicted octanol–water partition coefficient (Wildman–Crippen LogP) is 2.60. The summed E-state index contributed by atoms with van der Waals surface area (Å²) in [5.41, 5.74) is 5.93. The fourth-order valence-electron chi connectivity index (χ4n) is 1.76. The summed E-state index contributed by atoms with van der Waals surface area (Å²) in [6.45, 7) is 2.44. The molecule has 20 heavy (non-hydrogen) atoms. The van der Waals surface area contributed by atoms with E-state index < -0.39 is 4.92 Å². The lowest BCUT2D eigenvalue weighted by molar-refractivity contribution is -0.384. The number of nitrogens with zero attached hydrogens (tertiary/aromatic N) is 1. The Morgan fingerprint density at radius 1 is 1.55 bits per heavy atom. The first kappa shape index (κ1) is 16.6. The molecule has 6 nitrogen and oxygen atoms in total. The Balaban J connectivity index is 2.79. The molecule has 1 aromatic rings. The van der Waals surface area contributed by atoms with Crippen LogP contribution in [-0.4, -0.2) is 23.4 Å². The van der Waals surface area contributed by atoms with Gasteiger partial charge in [0, 0.05) is 29.2 Å². The largest absolute Gasteiger partial charge is 0.348 e. The first-order chi connectivity index (χ1) is 9.49. The summed E-state index contributed by atoms with van der Waals surface area (Å²) in [6.07, 6.45) is 2.85. The van der Waals surface area contributed by atoms with Crippen LogP contribution in [0.25, 0.3) is 0 Å². The van der Waals surface area contributed by atoms with E-state index in [-0.39, 0.29) is 17.6 Å². The van der Waals surface area contributed by atoms with Crippen LogP contribution in [0.5, 0.6) is 0 Å². The summed E-state index contributed by atoms with van der Waals surface area (Å²) in [6, 6.07) is 3.98. The van der Waals surface area contributed by atoms with Crippen molar-refractivity contribution in [2.24, 2.45) is 5.73 Å². The van der Waals surface area contributed by atoms with Crippen LogP contribution < -0.4 is 11.1 Å². The number of hydrogen-bond acceptors (Lipinski definition) is 4. The van der Waals surface area contributed by atoms with Crippen molar-refractivity contribution in [3.05, 3.63) is 38.3 Å². The van der Waals surface area contributed by atoms with Crippen molar-refractivity contribution in [1.82, 2.24) is 5.32 Å². The first-order valence-corrected chi connectivity index (χ1v) is 7.23. The fourth-order valence-corrected chi connectivity index (χ4v) is 2.31. The number of nitrogens with two attached hydrogens (primary N) is 1. The molecule has 0 aliphatic carbocycles. The molecule has 0 saturated heterocycles. The number of rotatable bonds is 7. The Morgan fingerprint density at radius 3 is 2.75 bits per heavy atom. The lowest BCUT2D eigenvalue weighted by Crippen LogP contribution is -2.40. The van der Waals surface area contributed by atoms with Crippen LogP contribution in [0.3, 0.4) is 0 Å². The number of hydrogen-bond donors (Lipinski definition) is 2. The van der Waals surface area contributed by atoms with E-state index in [4.69, 9.17) is 5.73 Å². The topological polar surface area (TPSA) is 98.3 Å². The van der Waals surface area contributed by atoms with E-state index in [1.54, 1.807) is 0 Å². The number of nitro groups is 1. The highest BCUT2D eigenvalue weighted by molar-refractivity contribution is 9.10. The predicted molar refractivity (Wildman–Crippen MR) is 80.6 cm³/mol. The molecule has 1 rings (SSSR count). The van der Waals surface area contributed by atoms with Crippen molar-refractivity contribution in [3.8, 4) is 0 Å². The molecule has 110 valence electrons. The molecule has 0 saturated carbocycles. The van der Waals surface area contributed by atoms with E-state index in [0.717, 1.165) is 19.3 Å². The van der Waals surface area contributed by atoms with E-state index in [9.17, 15) is 14.9 Å². The van der Waals surface area contributed by atoms with E-state index >= 15 is 0 Å². The maximum absolute atomic E-state index is 12.1. The molecule has 0 aliphatic rings. The average molecular weight is 344 g/mol. The molecular formula is C13H18BrN3O3. The van der Waals surface area contributed by atoms with Gasteiger partial charge in [-0.3, -0.25) is 14.9 Å². The lowest BCUT2D eigenvalue weighted by Gasteiger charge is -2.16. The molecule has 3 N–H and O–H groups in total. The zero-order chi connectivity index (χ0) is 15.1. The molecule has 0 radical (unpaired) electrons. The zero-order valence-electron chi connectivity index (χ0n) is 11.3. The van der Waals surface area contributed by atoms with E-state index in [2.05, 4.69) is 28.2 Å². The second-order valence-corrected chi connectivity index (χ2v) is 5.32. The smallest absolute Gasteiger partial charge is 0.270 e. The normalized spacial score (nSPS) is 11.9. The van der Waals surface area contributed by atoms with Gasteiger partial charge < -0.3 is 11.1 Å². The second kappa shape index (κ2) is 7.96. The summed E-state index contributed by atoms with van der Waals surface area (Å²) in [5, 5.41) is 13.5. The highest BCUT2D eigenvalue weighted by Crippen LogP contribution is 2.23. The Labute approximate surface area is 126 Å². The van der Waals surface area contributed by atoms with E-state index in [1.165, 1.54) is 18.2 Å². The van der Waals surface area contributed by atoms with Crippen LogP contribution >= 0.6 is 15.9 Å². The van der Waals surface area contributed by atoms with Crippen molar-refractivity contribution in [1.29, 1.82) is 0 Å². The summed E-state index contributed by atoms with van der Waals surface area (Å²) in [7, 11) is 0. The van der Waals surface area contributed by atoms with Gasteiger partial charge in [-0.2, -0.15) is 0 Å². The van der Waals surface area contributed by atoms with Crippen LogP contribution in [0.2, 0.25) is 0 Å². The molecule has 1 aromatic carbocycles. The number of amides is 1. The van der Waals surface area contributed by atoms with Gasteiger partial charge in [-0.1, -0.05) is 19.8 Å². The summed E-state index contributed by atoms with van der Waals surface area (Å²) >= 11 is 3.18. The van der Waals surface area contributed by atoms with Crippen molar-refractivity contribution in [2.75, 3.05) is 6.54 Å². The Kier molecular flexibility index (Phi) is 6.60. The van der Waals surface area contributed by atoms with Gasteiger partial charge in [-0.25, -0.2) is 0 Å². The van der Waals surface area contributed by atoms with Crippen molar-refractivity contribution in [2.45, 2.75) is 32.2 Å². The molecule has 0 bridgehead atoms. The third-order valence-corrected chi connectivity index (χ3v) is 3.59. The van der Waals surface area contributed by atoms with Gasteiger partial charge >= 0.3 is 0 Å². The highest BCUT2D eigenvalue weighted by atomic mass is 79.9. The van der Waals surface area contributed by atoms with E-state index in [0.29, 0.717) is 16.6 Å². The summed E-state index contributed by atoms with van der Waals surface area (Å²) in [4.78, 5) is 22.3. The van der Waals surface area contributed by atoms with E-state index in [1.807, 2.05) is 0 Å². The summed E-state index contributed by atoms with van der Waals surface area (Å²) in [5.74, 6) is -0.279. The monoisotopic (exact) mass is 343 g/mol. The van der Waals surface area contributed by atoms with Crippen LogP contribution in [0, 0.1) is 10.1 Å². The molecule has 0 aromatic heterocycles. The van der Waals surface area contributed by atoms with Gasteiger partial charge in [0.1, 0.15) is 0 Å². The van der Waals surface area contributed by atoms with Crippen molar-refractivity contribution < 1.29 is 9.72 Å². The molecule has 1 unspecified atom stereocenters. The standard InChI is InChI=1S/C13H18BrN3O3/c1-2-3-4-9(8-15)16-13(18)11-6-5-10(17(19)20)7-12(11)14/h5-7,9H,2-4,8,15H2,1H3,(H,16,18). The number of nitrogens with one attached hydrogen (secondary N) is 1. The molecule has 0 spiro atoms. The minimum absolute atomic E-state index is 0.0604. The molecule has 1 amide bonds. The number of halogens is 1. The van der Waals surface area contributed by atoms with Gasteiger partial charge in [-0.15, -0.1) is 0 Å². The van der Waals surface area contributed by atoms with Gasteiger partial charge in [-0.05, 0) is 28.4 Å². The minimum atomic E-state index is -0.504. The maximum atomic E-state index is 12.1. The quantitative estimate of drug-likeness (QED) is 0.587. The molecular weight excluding hydrogens is 326 g/mol. The average Bonchev–Trinajstić information content (AvgIpc) is 2.42. The van der Waals surface area contributed by atoms with Crippen LogP contribution in [-0.2, 0) is 0 Å². The molecule has 1 atom stereocenters. The fraction of sp³-hybridized carbons (Fsp3) is 0.462. The number of carbonyl (C=O) groups excluding carboxylic acids is 1. The van der Waals surface area contributed by atoms with Gasteiger partial charge in [0.15, 0.2) is 0 Å². The molecule has 0 aliphatic heterocycles. The molecule has 7 heteroatoms. The number of benzene rings is 1. The summed E-state index contributed by atoms with van der Waals surface area (Å²) < 4.78 is 0.399. The van der Waals surface area contributed by atoms with Gasteiger partial charge in [0.25, 0.3) is 11.6 Å².